The molecule has 0 aliphatic rings. The van der Waals surface area contributed by atoms with Gasteiger partial charge in [-0.05, 0) is 65.5 Å². The van der Waals surface area contributed by atoms with Crippen LogP contribution in [-0.2, 0) is 13.1 Å². The molecule has 1 aromatic carbocycles. The number of benzene rings is 1. The van der Waals surface area contributed by atoms with Gasteiger partial charge in [0, 0.05) is 21.9 Å². The fourth-order valence-electron chi connectivity index (χ4n) is 2.28. The van der Waals surface area contributed by atoms with Crippen LogP contribution < -0.4 is 10.2 Å². The zero-order chi connectivity index (χ0) is 15.2. The van der Waals surface area contributed by atoms with Crippen LogP contribution in [0.5, 0.6) is 0 Å². The summed E-state index contributed by atoms with van der Waals surface area (Å²) in [6, 6.07) is 11.4. The summed E-state index contributed by atoms with van der Waals surface area (Å²) in [5.41, 5.74) is 2.57. The maximum atomic E-state index is 3.75. The normalized spacial score (nSPS) is 11.1. The molecule has 2 aromatic rings. The number of anilines is 1. The highest BCUT2D eigenvalue weighted by molar-refractivity contribution is 9.10. The lowest BCUT2D eigenvalue weighted by atomic mass is 10.1. The fourth-order valence-corrected chi connectivity index (χ4v) is 3.64. The zero-order valence-electron chi connectivity index (χ0n) is 12.9. The molecule has 1 aromatic heterocycles. The van der Waals surface area contributed by atoms with Crippen molar-refractivity contribution in [2.75, 3.05) is 11.4 Å². The minimum atomic E-state index is 0.461. The van der Waals surface area contributed by atoms with E-state index in [4.69, 9.17) is 0 Å². The molecular weight excluding hydrogens is 344 g/mol. The summed E-state index contributed by atoms with van der Waals surface area (Å²) in [7, 11) is 0. The molecule has 4 heteroatoms. The molecule has 0 fully saturated rings. The minimum Gasteiger partial charge on any atom is -0.363 e. The second-order valence-electron chi connectivity index (χ2n) is 5.37. The van der Waals surface area contributed by atoms with Gasteiger partial charge in [-0.3, -0.25) is 0 Å². The van der Waals surface area contributed by atoms with E-state index in [-0.39, 0.29) is 0 Å². The van der Waals surface area contributed by atoms with E-state index >= 15 is 0 Å². The van der Waals surface area contributed by atoms with E-state index in [1.807, 2.05) is 11.3 Å². The molecule has 114 valence electrons. The van der Waals surface area contributed by atoms with E-state index in [9.17, 15) is 0 Å². The van der Waals surface area contributed by atoms with Gasteiger partial charge in [0.1, 0.15) is 0 Å². The number of halogens is 1. The van der Waals surface area contributed by atoms with E-state index in [0.717, 1.165) is 19.6 Å². The molecular formula is C17H23BrN2S. The number of nitrogens with one attached hydrogen (secondary N) is 1. The largest absolute Gasteiger partial charge is 0.363 e. The maximum absolute atomic E-state index is 3.75. The molecule has 1 N–H and O–H groups in total. The van der Waals surface area contributed by atoms with Crippen molar-refractivity contribution in [1.82, 2.24) is 5.32 Å². The molecule has 2 rings (SSSR count). The van der Waals surface area contributed by atoms with Crippen LogP contribution in [0.2, 0.25) is 0 Å². The smallest absolute Gasteiger partial charge is 0.0526 e. The van der Waals surface area contributed by atoms with E-state index in [0.29, 0.717) is 6.04 Å². The topological polar surface area (TPSA) is 15.3 Å². The Morgan fingerprint density at radius 1 is 1.29 bits per heavy atom. The number of rotatable bonds is 7. The highest BCUT2D eigenvalue weighted by Crippen LogP contribution is 2.30. The standard InChI is InChI=1S/C17H23BrN2S/c1-4-19-11-14-7-8-17(16(18)10-14)20(13(2)3)12-15-6-5-9-21-15/h5-10,13,19H,4,11-12H2,1-3H3. The van der Waals surface area contributed by atoms with Gasteiger partial charge in [-0.15, -0.1) is 11.3 Å². The van der Waals surface area contributed by atoms with Crippen LogP contribution in [0.1, 0.15) is 31.2 Å². The van der Waals surface area contributed by atoms with E-state index in [1.54, 1.807) is 0 Å². The molecule has 0 bridgehead atoms. The molecule has 0 atom stereocenters. The lowest BCUT2D eigenvalue weighted by Crippen LogP contribution is -2.30. The highest BCUT2D eigenvalue weighted by atomic mass is 79.9. The summed E-state index contributed by atoms with van der Waals surface area (Å²) in [5.74, 6) is 0. The molecule has 0 aliphatic heterocycles. The Morgan fingerprint density at radius 2 is 2.10 bits per heavy atom. The Morgan fingerprint density at radius 3 is 2.67 bits per heavy atom. The van der Waals surface area contributed by atoms with Crippen molar-refractivity contribution in [3.8, 4) is 0 Å². The van der Waals surface area contributed by atoms with Crippen molar-refractivity contribution >= 4 is 33.0 Å². The Bertz CT molecular complexity index is 552. The number of hydrogen-bond acceptors (Lipinski definition) is 3. The van der Waals surface area contributed by atoms with E-state index in [1.165, 1.54) is 20.6 Å². The molecule has 21 heavy (non-hydrogen) atoms. The van der Waals surface area contributed by atoms with Gasteiger partial charge >= 0.3 is 0 Å². The van der Waals surface area contributed by atoms with Crippen LogP contribution >= 0.6 is 27.3 Å². The fraction of sp³-hybridized carbons (Fsp3) is 0.412. The van der Waals surface area contributed by atoms with Crippen molar-refractivity contribution in [2.45, 2.75) is 39.9 Å². The zero-order valence-corrected chi connectivity index (χ0v) is 15.3. The first kappa shape index (κ1) is 16.5. The Hall–Kier alpha value is -0.840. The van der Waals surface area contributed by atoms with Gasteiger partial charge in [-0.25, -0.2) is 0 Å². The second-order valence-corrected chi connectivity index (χ2v) is 7.25. The van der Waals surface area contributed by atoms with Crippen molar-refractivity contribution in [2.24, 2.45) is 0 Å². The second kappa shape index (κ2) is 7.97. The van der Waals surface area contributed by atoms with Crippen LogP contribution in [0.3, 0.4) is 0 Å². The summed E-state index contributed by atoms with van der Waals surface area (Å²) in [4.78, 5) is 3.83. The van der Waals surface area contributed by atoms with Crippen molar-refractivity contribution in [3.63, 3.8) is 0 Å². The molecule has 1 heterocycles. The summed E-state index contributed by atoms with van der Waals surface area (Å²) in [5, 5.41) is 5.51. The third-order valence-electron chi connectivity index (χ3n) is 3.43. The average molecular weight is 367 g/mol. The first-order valence-corrected chi connectivity index (χ1v) is 9.07. The summed E-state index contributed by atoms with van der Waals surface area (Å²) >= 11 is 5.56. The number of hydrogen-bond donors (Lipinski definition) is 1. The molecule has 0 saturated carbocycles. The highest BCUT2D eigenvalue weighted by Gasteiger charge is 2.15. The van der Waals surface area contributed by atoms with Crippen molar-refractivity contribution in [1.29, 1.82) is 0 Å². The van der Waals surface area contributed by atoms with Gasteiger partial charge in [-0.2, -0.15) is 0 Å². The number of nitrogens with zero attached hydrogens (tertiary/aromatic N) is 1. The summed E-state index contributed by atoms with van der Waals surface area (Å²) in [6.07, 6.45) is 0. The van der Waals surface area contributed by atoms with Gasteiger partial charge in [0.15, 0.2) is 0 Å². The quantitative estimate of drug-likeness (QED) is 0.738. The van der Waals surface area contributed by atoms with Gasteiger partial charge in [0.05, 0.1) is 12.2 Å². The van der Waals surface area contributed by atoms with E-state index in [2.05, 4.69) is 82.6 Å². The summed E-state index contributed by atoms with van der Waals surface area (Å²) in [6.45, 7) is 9.49. The minimum absolute atomic E-state index is 0.461. The van der Waals surface area contributed by atoms with Gasteiger partial charge in [0.2, 0.25) is 0 Å². The average Bonchev–Trinajstić information content (AvgIpc) is 2.96. The lowest BCUT2D eigenvalue weighted by molar-refractivity contribution is 0.684. The summed E-state index contributed by atoms with van der Waals surface area (Å²) < 4.78 is 1.17. The molecule has 0 radical (unpaired) electrons. The third kappa shape index (κ3) is 4.56. The molecule has 0 aliphatic carbocycles. The molecule has 0 spiro atoms. The first-order valence-electron chi connectivity index (χ1n) is 7.40. The van der Waals surface area contributed by atoms with E-state index < -0.39 is 0 Å². The van der Waals surface area contributed by atoms with Crippen molar-refractivity contribution in [3.05, 3.63) is 50.6 Å². The lowest BCUT2D eigenvalue weighted by Gasteiger charge is -2.30. The molecule has 0 amide bonds. The molecule has 2 nitrogen and oxygen atoms in total. The van der Waals surface area contributed by atoms with Crippen molar-refractivity contribution < 1.29 is 0 Å². The van der Waals surface area contributed by atoms with Crippen LogP contribution in [0.4, 0.5) is 5.69 Å². The van der Waals surface area contributed by atoms with Crippen LogP contribution in [-0.4, -0.2) is 12.6 Å². The monoisotopic (exact) mass is 366 g/mol. The van der Waals surface area contributed by atoms with Gasteiger partial charge in [0.25, 0.3) is 0 Å². The Kier molecular flexibility index (Phi) is 6.27. The van der Waals surface area contributed by atoms with Crippen LogP contribution in [0.25, 0.3) is 0 Å². The predicted octanol–water partition coefficient (Wildman–Crippen LogP) is 5.04. The number of thiophene rings is 1. The Balaban J connectivity index is 2.20. The predicted molar refractivity (Wildman–Crippen MR) is 97.2 cm³/mol. The molecule has 0 unspecified atom stereocenters. The third-order valence-corrected chi connectivity index (χ3v) is 4.93. The first-order chi connectivity index (χ1) is 10.1. The Labute approximate surface area is 140 Å². The molecule has 0 saturated heterocycles. The SMILES string of the molecule is CCNCc1ccc(N(Cc2cccs2)C(C)C)c(Br)c1. The van der Waals surface area contributed by atoms with Gasteiger partial charge < -0.3 is 10.2 Å². The van der Waals surface area contributed by atoms with Crippen LogP contribution in [0.15, 0.2) is 40.2 Å². The van der Waals surface area contributed by atoms with Gasteiger partial charge in [-0.1, -0.05) is 19.1 Å². The maximum Gasteiger partial charge on any atom is 0.0526 e. The van der Waals surface area contributed by atoms with Crippen LogP contribution in [0, 0.1) is 0 Å².